The minimum atomic E-state index is -0.135. The number of unbranched alkanes of at least 4 members (excludes halogenated alkanes) is 2. The summed E-state index contributed by atoms with van der Waals surface area (Å²) in [5, 5.41) is 4.96. The summed E-state index contributed by atoms with van der Waals surface area (Å²) in [5.41, 5.74) is 1.25. The van der Waals surface area contributed by atoms with Crippen molar-refractivity contribution in [2.24, 2.45) is 0 Å². The lowest BCUT2D eigenvalue weighted by atomic mass is 10.2. The Hall–Kier alpha value is -1.37. The minimum Gasteiger partial charge on any atom is -0.469 e. The molecule has 0 amide bonds. The number of methoxy groups -OCH3 is 1. The third-order valence-corrected chi connectivity index (χ3v) is 5.15. The van der Waals surface area contributed by atoms with Gasteiger partial charge in [-0.1, -0.05) is 30.2 Å². The van der Waals surface area contributed by atoms with E-state index in [1.165, 1.54) is 12.7 Å². The average molecular weight is 398 g/mol. The van der Waals surface area contributed by atoms with E-state index in [0.29, 0.717) is 6.42 Å². The van der Waals surface area contributed by atoms with Crippen LogP contribution < -0.4 is 5.32 Å². The van der Waals surface area contributed by atoms with E-state index < -0.39 is 0 Å². The smallest absolute Gasteiger partial charge is 0.305 e. The zero-order chi connectivity index (χ0) is 18.8. The van der Waals surface area contributed by atoms with Crippen LogP contribution in [0.5, 0.6) is 0 Å². The number of halogens is 1. The maximum Gasteiger partial charge on any atom is 0.305 e. The molecule has 1 heterocycles. The second kappa shape index (κ2) is 11.4. The number of benzene rings is 1. The van der Waals surface area contributed by atoms with Crippen LogP contribution in [-0.2, 0) is 16.1 Å². The molecule has 1 aromatic carbocycles. The lowest BCUT2D eigenvalue weighted by molar-refractivity contribution is -0.140. The second-order valence-electron chi connectivity index (χ2n) is 6.51. The molecule has 0 radical (unpaired) electrons. The first-order valence-corrected chi connectivity index (χ1v) is 9.93. The Morgan fingerprint density at radius 3 is 2.69 bits per heavy atom. The molecule has 0 spiro atoms. The molecule has 0 atom stereocenters. The van der Waals surface area contributed by atoms with Crippen molar-refractivity contribution in [3.05, 3.63) is 34.9 Å². The molecule has 0 unspecified atom stereocenters. The topological polar surface area (TPSA) is 44.8 Å². The average Bonchev–Trinajstić information content (AvgIpc) is 2.64. The van der Waals surface area contributed by atoms with Crippen molar-refractivity contribution in [3.8, 4) is 0 Å². The fraction of sp³-hybridized carbons (Fsp3) is 0.579. The molecule has 0 aliphatic carbocycles. The van der Waals surface area contributed by atoms with Crippen molar-refractivity contribution in [2.75, 3.05) is 39.8 Å². The molecule has 0 saturated carbocycles. The summed E-state index contributed by atoms with van der Waals surface area (Å²) < 4.78 is 4.63. The highest BCUT2D eigenvalue weighted by molar-refractivity contribution is 7.80. The van der Waals surface area contributed by atoms with Crippen molar-refractivity contribution >= 4 is 34.9 Å². The van der Waals surface area contributed by atoms with Crippen LogP contribution in [0.4, 0.5) is 0 Å². The number of carbonyl (C=O) groups excluding carboxylic acids is 1. The zero-order valence-corrected chi connectivity index (χ0v) is 17.0. The van der Waals surface area contributed by atoms with Crippen molar-refractivity contribution in [2.45, 2.75) is 32.2 Å². The number of rotatable bonds is 8. The molecule has 1 fully saturated rings. The maximum atomic E-state index is 11.0. The lowest BCUT2D eigenvalue weighted by Crippen LogP contribution is -2.51. The van der Waals surface area contributed by atoms with E-state index in [-0.39, 0.29) is 5.97 Å². The predicted molar refractivity (Wildman–Crippen MR) is 109 cm³/mol. The van der Waals surface area contributed by atoms with E-state index in [4.69, 9.17) is 23.8 Å². The van der Waals surface area contributed by atoms with Crippen LogP contribution in [0, 0.1) is 0 Å². The number of piperazine rings is 1. The quantitative estimate of drug-likeness (QED) is 0.413. The minimum absolute atomic E-state index is 0.135. The monoisotopic (exact) mass is 397 g/mol. The van der Waals surface area contributed by atoms with Gasteiger partial charge in [-0.3, -0.25) is 9.69 Å². The van der Waals surface area contributed by atoms with Crippen LogP contribution in [0.25, 0.3) is 0 Å². The normalized spacial score (nSPS) is 14.9. The van der Waals surface area contributed by atoms with Crippen molar-refractivity contribution in [1.29, 1.82) is 0 Å². The van der Waals surface area contributed by atoms with Crippen LogP contribution in [0.3, 0.4) is 0 Å². The Balaban J connectivity index is 1.58. The summed E-state index contributed by atoms with van der Waals surface area (Å²) >= 11 is 11.6. The Morgan fingerprint density at radius 1 is 1.23 bits per heavy atom. The number of carbonyl (C=O) groups is 1. The van der Waals surface area contributed by atoms with Crippen LogP contribution in [-0.4, -0.2) is 60.7 Å². The fourth-order valence-corrected chi connectivity index (χ4v) is 3.48. The molecule has 1 aliphatic heterocycles. The Morgan fingerprint density at radius 2 is 2.00 bits per heavy atom. The van der Waals surface area contributed by atoms with Crippen LogP contribution in [0.2, 0.25) is 5.02 Å². The molecule has 0 bridgehead atoms. The summed E-state index contributed by atoms with van der Waals surface area (Å²) in [6.45, 7) is 5.64. The van der Waals surface area contributed by atoms with Gasteiger partial charge in [-0.2, -0.15) is 0 Å². The Bertz CT molecular complexity index is 592. The first-order chi connectivity index (χ1) is 12.6. The molecule has 144 valence electrons. The number of nitrogens with one attached hydrogen (secondary N) is 1. The molecule has 1 aromatic rings. The van der Waals surface area contributed by atoms with Crippen LogP contribution in [0.1, 0.15) is 31.2 Å². The molecule has 0 aromatic heterocycles. The van der Waals surface area contributed by atoms with Gasteiger partial charge in [0.1, 0.15) is 0 Å². The number of nitrogens with zero attached hydrogens (tertiary/aromatic N) is 2. The van der Waals surface area contributed by atoms with Gasteiger partial charge in [-0.15, -0.1) is 0 Å². The van der Waals surface area contributed by atoms with Gasteiger partial charge in [0.2, 0.25) is 0 Å². The maximum absolute atomic E-state index is 11.0. The molecular formula is C19H28ClN3O2S. The number of ether oxygens (including phenoxy) is 1. The third-order valence-electron chi connectivity index (χ3n) is 4.52. The highest BCUT2D eigenvalue weighted by Gasteiger charge is 2.18. The third kappa shape index (κ3) is 7.48. The Labute approximate surface area is 166 Å². The van der Waals surface area contributed by atoms with Crippen LogP contribution in [0.15, 0.2) is 24.3 Å². The number of hydrogen-bond acceptors (Lipinski definition) is 4. The van der Waals surface area contributed by atoms with Crippen molar-refractivity contribution < 1.29 is 9.53 Å². The highest BCUT2D eigenvalue weighted by atomic mass is 35.5. The molecule has 1 N–H and O–H groups in total. The largest absolute Gasteiger partial charge is 0.469 e. The first kappa shape index (κ1) is 20.9. The molecule has 1 aliphatic rings. The van der Waals surface area contributed by atoms with E-state index in [0.717, 1.165) is 68.7 Å². The van der Waals surface area contributed by atoms with Crippen molar-refractivity contribution in [3.63, 3.8) is 0 Å². The molecule has 26 heavy (non-hydrogen) atoms. The van der Waals surface area contributed by atoms with E-state index in [1.54, 1.807) is 0 Å². The number of esters is 1. The summed E-state index contributed by atoms with van der Waals surface area (Å²) in [7, 11) is 1.43. The van der Waals surface area contributed by atoms with E-state index in [9.17, 15) is 4.79 Å². The first-order valence-electron chi connectivity index (χ1n) is 9.15. The van der Waals surface area contributed by atoms with Gasteiger partial charge in [0.25, 0.3) is 0 Å². The number of thiocarbonyl (C=S) groups is 1. The lowest BCUT2D eigenvalue weighted by Gasteiger charge is -2.36. The van der Waals surface area contributed by atoms with Gasteiger partial charge in [0.05, 0.1) is 7.11 Å². The summed E-state index contributed by atoms with van der Waals surface area (Å²) in [6.07, 6.45) is 3.36. The molecule has 2 rings (SSSR count). The zero-order valence-electron chi connectivity index (χ0n) is 15.4. The van der Waals surface area contributed by atoms with E-state index >= 15 is 0 Å². The van der Waals surface area contributed by atoms with E-state index in [1.807, 2.05) is 18.2 Å². The molecular weight excluding hydrogens is 370 g/mol. The molecule has 1 saturated heterocycles. The summed E-state index contributed by atoms with van der Waals surface area (Å²) in [5.74, 6) is -0.135. The SMILES string of the molecule is COC(=O)CCCCCNC(=S)N1CCN(Cc2cccc(Cl)c2)CC1. The van der Waals surface area contributed by atoms with Crippen LogP contribution >= 0.6 is 23.8 Å². The predicted octanol–water partition coefficient (Wildman–Crippen LogP) is 3.07. The Kier molecular flexibility index (Phi) is 9.15. The van der Waals surface area contributed by atoms with Gasteiger partial charge in [0.15, 0.2) is 5.11 Å². The summed E-state index contributed by atoms with van der Waals surface area (Å²) in [6, 6.07) is 8.05. The van der Waals surface area contributed by atoms with Crippen molar-refractivity contribution in [1.82, 2.24) is 15.1 Å². The molecule has 7 heteroatoms. The van der Waals surface area contributed by atoms with Gasteiger partial charge >= 0.3 is 5.97 Å². The van der Waals surface area contributed by atoms with Gasteiger partial charge in [-0.05, 0) is 42.8 Å². The van der Waals surface area contributed by atoms with Gasteiger partial charge < -0.3 is 15.0 Å². The van der Waals surface area contributed by atoms with Gasteiger partial charge in [-0.25, -0.2) is 0 Å². The number of hydrogen-bond donors (Lipinski definition) is 1. The molecule has 5 nitrogen and oxygen atoms in total. The standard InChI is InChI=1S/C19H28ClN3O2S/c1-25-18(24)8-3-2-4-9-21-19(26)23-12-10-22(11-13-23)15-16-6-5-7-17(20)14-16/h5-7,14H,2-4,8-13,15H2,1H3,(H,21,26). The highest BCUT2D eigenvalue weighted by Crippen LogP contribution is 2.14. The van der Waals surface area contributed by atoms with Gasteiger partial charge in [0, 0.05) is 50.7 Å². The fourth-order valence-electron chi connectivity index (χ4n) is 2.98. The summed E-state index contributed by atoms with van der Waals surface area (Å²) in [4.78, 5) is 15.7. The second-order valence-corrected chi connectivity index (χ2v) is 7.33. The van der Waals surface area contributed by atoms with E-state index in [2.05, 4.69) is 25.9 Å².